The van der Waals surface area contributed by atoms with Gasteiger partial charge in [-0.3, -0.25) is 0 Å². The number of hydrogen-bond donors (Lipinski definition) is 1. The van der Waals surface area contributed by atoms with Crippen molar-refractivity contribution in [2.45, 2.75) is 6.54 Å². The van der Waals surface area contributed by atoms with Crippen molar-refractivity contribution in [1.82, 2.24) is 20.0 Å². The van der Waals surface area contributed by atoms with Gasteiger partial charge >= 0.3 is 6.03 Å². The van der Waals surface area contributed by atoms with Crippen LogP contribution in [-0.4, -0.2) is 46.9 Å². The van der Waals surface area contributed by atoms with Crippen LogP contribution in [0.25, 0.3) is 5.69 Å². The van der Waals surface area contributed by atoms with E-state index in [4.69, 9.17) is 0 Å². The maximum absolute atomic E-state index is 12.5. The fourth-order valence-corrected chi connectivity index (χ4v) is 3.28. The zero-order valence-corrected chi connectivity index (χ0v) is 15.2. The molecule has 1 aliphatic rings. The van der Waals surface area contributed by atoms with Crippen LogP contribution in [0.2, 0.25) is 0 Å². The van der Waals surface area contributed by atoms with Crippen LogP contribution >= 0.6 is 0 Å². The average Bonchev–Trinajstić information content (AvgIpc) is 3.28. The largest absolute Gasteiger partial charge is 0.368 e. The fourth-order valence-electron chi connectivity index (χ4n) is 3.28. The Morgan fingerprint density at radius 1 is 0.889 bits per heavy atom. The summed E-state index contributed by atoms with van der Waals surface area (Å²) in [6, 6.07) is 20.3. The average molecular weight is 361 g/mol. The predicted octanol–water partition coefficient (Wildman–Crippen LogP) is 2.90. The van der Waals surface area contributed by atoms with Crippen LogP contribution in [0.5, 0.6) is 0 Å². The second-order valence-corrected chi connectivity index (χ2v) is 6.59. The van der Waals surface area contributed by atoms with Gasteiger partial charge in [-0.15, -0.1) is 0 Å². The van der Waals surface area contributed by atoms with Crippen molar-refractivity contribution in [3.8, 4) is 5.69 Å². The van der Waals surface area contributed by atoms with Crippen molar-refractivity contribution in [3.05, 3.63) is 78.6 Å². The normalized spacial score (nSPS) is 14.2. The molecule has 1 aliphatic heterocycles. The minimum atomic E-state index is -0.00105. The summed E-state index contributed by atoms with van der Waals surface area (Å²) < 4.78 is 1.81. The number of anilines is 1. The second-order valence-electron chi connectivity index (χ2n) is 6.59. The molecule has 6 nitrogen and oxygen atoms in total. The number of aromatic nitrogens is 2. The van der Waals surface area contributed by atoms with Crippen molar-refractivity contribution in [3.63, 3.8) is 0 Å². The smallest absolute Gasteiger partial charge is 0.317 e. The number of nitrogens with one attached hydrogen (secondary N) is 1. The number of hydrogen-bond acceptors (Lipinski definition) is 3. The van der Waals surface area contributed by atoms with Crippen molar-refractivity contribution < 1.29 is 4.79 Å². The molecule has 0 aliphatic carbocycles. The summed E-state index contributed by atoms with van der Waals surface area (Å²) in [5, 5.41) is 7.24. The van der Waals surface area contributed by atoms with Gasteiger partial charge in [0, 0.05) is 50.8 Å². The first-order valence-electron chi connectivity index (χ1n) is 9.21. The number of nitrogens with zero attached hydrogens (tertiary/aromatic N) is 4. The number of rotatable bonds is 4. The number of para-hydroxylation sites is 1. The Hall–Kier alpha value is -3.28. The zero-order chi connectivity index (χ0) is 18.5. The van der Waals surface area contributed by atoms with Crippen LogP contribution in [-0.2, 0) is 6.54 Å². The van der Waals surface area contributed by atoms with E-state index in [1.165, 1.54) is 5.69 Å². The molecule has 27 heavy (non-hydrogen) atoms. The third kappa shape index (κ3) is 4.11. The predicted molar refractivity (Wildman–Crippen MR) is 106 cm³/mol. The highest BCUT2D eigenvalue weighted by molar-refractivity contribution is 5.74. The van der Waals surface area contributed by atoms with Gasteiger partial charge in [0.15, 0.2) is 0 Å². The topological polar surface area (TPSA) is 53.4 Å². The Morgan fingerprint density at radius 2 is 1.63 bits per heavy atom. The van der Waals surface area contributed by atoms with Crippen LogP contribution in [0.15, 0.2) is 73.1 Å². The van der Waals surface area contributed by atoms with E-state index in [1.54, 1.807) is 6.20 Å². The first-order valence-corrected chi connectivity index (χ1v) is 9.21. The van der Waals surface area contributed by atoms with E-state index in [2.05, 4.69) is 27.4 Å². The van der Waals surface area contributed by atoms with Gasteiger partial charge in [0.1, 0.15) is 0 Å². The minimum Gasteiger partial charge on any atom is -0.368 e. The third-order valence-corrected chi connectivity index (χ3v) is 4.84. The van der Waals surface area contributed by atoms with Crippen molar-refractivity contribution in [1.29, 1.82) is 0 Å². The van der Waals surface area contributed by atoms with Crippen LogP contribution in [0.1, 0.15) is 5.56 Å². The molecule has 0 atom stereocenters. The van der Waals surface area contributed by atoms with Crippen molar-refractivity contribution in [2.24, 2.45) is 0 Å². The monoisotopic (exact) mass is 361 g/mol. The van der Waals surface area contributed by atoms with Crippen LogP contribution in [0.3, 0.4) is 0 Å². The lowest BCUT2D eigenvalue weighted by Crippen LogP contribution is -2.51. The Labute approximate surface area is 159 Å². The fraction of sp³-hybridized carbons (Fsp3) is 0.238. The molecule has 2 heterocycles. The Balaban J connectivity index is 1.26. The van der Waals surface area contributed by atoms with Gasteiger partial charge in [-0.1, -0.05) is 30.3 Å². The highest BCUT2D eigenvalue weighted by atomic mass is 16.2. The lowest BCUT2D eigenvalue weighted by atomic mass is 10.2. The summed E-state index contributed by atoms with van der Waals surface area (Å²) >= 11 is 0. The first kappa shape index (κ1) is 17.1. The quantitative estimate of drug-likeness (QED) is 0.777. The van der Waals surface area contributed by atoms with Gasteiger partial charge < -0.3 is 15.1 Å². The van der Waals surface area contributed by atoms with Crippen LogP contribution in [0, 0.1) is 0 Å². The summed E-state index contributed by atoms with van der Waals surface area (Å²) in [7, 11) is 0. The summed E-state index contributed by atoms with van der Waals surface area (Å²) in [6.07, 6.45) is 3.66. The van der Waals surface area contributed by atoms with Gasteiger partial charge in [-0.2, -0.15) is 5.10 Å². The Morgan fingerprint density at radius 3 is 2.30 bits per heavy atom. The molecule has 0 saturated carbocycles. The molecule has 0 bridgehead atoms. The van der Waals surface area contributed by atoms with Gasteiger partial charge in [-0.05, 0) is 35.9 Å². The highest BCUT2D eigenvalue weighted by Gasteiger charge is 2.20. The molecule has 0 spiro atoms. The molecule has 2 amide bonds. The maximum atomic E-state index is 12.5. The van der Waals surface area contributed by atoms with Crippen molar-refractivity contribution >= 4 is 11.7 Å². The lowest BCUT2D eigenvalue weighted by Gasteiger charge is -2.36. The van der Waals surface area contributed by atoms with Gasteiger partial charge in [0.25, 0.3) is 0 Å². The van der Waals surface area contributed by atoms with E-state index in [0.717, 1.165) is 37.4 Å². The van der Waals surface area contributed by atoms with E-state index in [9.17, 15) is 4.79 Å². The number of carbonyl (C=O) groups excluding carboxylic acids is 1. The molecule has 6 heteroatoms. The van der Waals surface area contributed by atoms with E-state index in [0.29, 0.717) is 6.54 Å². The van der Waals surface area contributed by atoms with Gasteiger partial charge in [0.05, 0.1) is 5.69 Å². The molecule has 0 unspecified atom stereocenters. The molecule has 1 N–H and O–H groups in total. The summed E-state index contributed by atoms with van der Waals surface area (Å²) in [5.74, 6) is 0. The van der Waals surface area contributed by atoms with Gasteiger partial charge in [-0.25, -0.2) is 9.48 Å². The van der Waals surface area contributed by atoms with Crippen LogP contribution < -0.4 is 10.2 Å². The Bertz CT molecular complexity index is 853. The molecule has 1 fully saturated rings. The van der Waals surface area contributed by atoms with Gasteiger partial charge in [0.2, 0.25) is 0 Å². The number of amides is 2. The first-order chi connectivity index (χ1) is 13.3. The molecule has 4 rings (SSSR count). The van der Waals surface area contributed by atoms with E-state index < -0.39 is 0 Å². The van der Waals surface area contributed by atoms with E-state index in [1.807, 2.05) is 64.3 Å². The summed E-state index contributed by atoms with van der Waals surface area (Å²) in [6.45, 7) is 3.71. The maximum Gasteiger partial charge on any atom is 0.317 e. The summed E-state index contributed by atoms with van der Waals surface area (Å²) in [4.78, 5) is 16.7. The third-order valence-electron chi connectivity index (χ3n) is 4.84. The number of urea groups is 1. The van der Waals surface area contributed by atoms with Crippen LogP contribution in [0.4, 0.5) is 10.5 Å². The molecule has 2 aromatic carbocycles. The molecular formula is C21H23N5O. The number of carbonyl (C=O) groups is 1. The highest BCUT2D eigenvalue weighted by Crippen LogP contribution is 2.15. The number of piperazine rings is 1. The summed E-state index contributed by atoms with van der Waals surface area (Å²) in [5.41, 5.74) is 3.30. The Kier molecular flexibility index (Phi) is 5.05. The second kappa shape index (κ2) is 7.95. The SMILES string of the molecule is O=C(NCc1ccc(-n2cccn2)cc1)N1CCN(c2ccccc2)CC1. The molecule has 3 aromatic rings. The molecule has 1 aromatic heterocycles. The zero-order valence-electron chi connectivity index (χ0n) is 15.2. The molecule has 138 valence electrons. The molecule has 1 saturated heterocycles. The van der Waals surface area contributed by atoms with Crippen molar-refractivity contribution in [2.75, 3.05) is 31.1 Å². The lowest BCUT2D eigenvalue weighted by molar-refractivity contribution is 0.194. The van der Waals surface area contributed by atoms with E-state index >= 15 is 0 Å². The number of benzene rings is 2. The molecule has 0 radical (unpaired) electrons. The molecular weight excluding hydrogens is 338 g/mol. The van der Waals surface area contributed by atoms with E-state index in [-0.39, 0.29) is 6.03 Å². The minimum absolute atomic E-state index is 0.00105. The standard InChI is InChI=1S/C21H23N5O/c27-21(25-15-13-24(14-16-25)19-5-2-1-3-6-19)22-17-18-7-9-20(10-8-18)26-12-4-11-23-26/h1-12H,13-17H2,(H,22,27).